The van der Waals surface area contributed by atoms with Gasteiger partial charge >= 0.3 is 0 Å². The van der Waals surface area contributed by atoms with Crippen LogP contribution in [0.1, 0.15) is 38.6 Å². The van der Waals surface area contributed by atoms with Gasteiger partial charge in [-0.05, 0) is 38.6 Å². The van der Waals surface area contributed by atoms with Gasteiger partial charge in [-0.3, -0.25) is 15.0 Å². The number of nitrogens with zero attached hydrogens (tertiary/aromatic N) is 3. The van der Waals surface area contributed by atoms with Crippen LogP contribution in [0.4, 0.5) is 5.13 Å². The van der Waals surface area contributed by atoms with Crippen molar-refractivity contribution in [1.29, 1.82) is 0 Å². The number of carbonyl (C=O) groups is 1. The van der Waals surface area contributed by atoms with E-state index < -0.39 is 0 Å². The molecular formula is C13H22N4OS. The molecule has 0 bridgehead atoms. The molecule has 0 unspecified atom stereocenters. The topological polar surface area (TPSA) is 58.1 Å². The van der Waals surface area contributed by atoms with Gasteiger partial charge in [0.15, 0.2) is 0 Å². The molecule has 2 atom stereocenters. The molecule has 1 aromatic rings. The smallest absolute Gasteiger partial charge is 0.243 e. The van der Waals surface area contributed by atoms with E-state index in [-0.39, 0.29) is 11.9 Å². The maximum Gasteiger partial charge on any atom is 0.243 e. The maximum atomic E-state index is 12.2. The van der Waals surface area contributed by atoms with Crippen molar-refractivity contribution in [3.8, 4) is 0 Å². The summed E-state index contributed by atoms with van der Waals surface area (Å²) in [6.45, 7) is 8.26. The Hall–Kier alpha value is -1.01. The highest BCUT2D eigenvalue weighted by Crippen LogP contribution is 2.20. The van der Waals surface area contributed by atoms with Crippen molar-refractivity contribution in [2.24, 2.45) is 5.92 Å². The van der Waals surface area contributed by atoms with E-state index in [9.17, 15) is 4.79 Å². The molecule has 1 aromatic heterocycles. The lowest BCUT2D eigenvalue weighted by atomic mass is 9.99. The average molecular weight is 282 g/mol. The number of nitrogens with one attached hydrogen (secondary N) is 1. The Kier molecular flexibility index (Phi) is 4.87. The molecule has 0 aliphatic carbocycles. The molecule has 1 N–H and O–H groups in total. The van der Waals surface area contributed by atoms with E-state index in [1.807, 2.05) is 13.8 Å². The minimum atomic E-state index is -0.100. The van der Waals surface area contributed by atoms with Crippen molar-refractivity contribution in [2.45, 2.75) is 46.1 Å². The summed E-state index contributed by atoms with van der Waals surface area (Å²) in [5.41, 5.74) is 0. The predicted molar refractivity (Wildman–Crippen MR) is 77.3 cm³/mol. The Morgan fingerprint density at radius 1 is 1.58 bits per heavy atom. The molecule has 106 valence electrons. The van der Waals surface area contributed by atoms with Gasteiger partial charge in [0.2, 0.25) is 11.0 Å². The Balaban J connectivity index is 1.91. The molecule has 0 saturated carbocycles. The standard InChI is InChI=1S/C13H22N4OS/c1-4-11-15-16-13(19-11)14-12(18)10(3)17-7-5-6-9(2)8-17/h9-10H,4-8H2,1-3H3,(H,14,16,18)/t9-,10-/m1/s1. The highest BCUT2D eigenvalue weighted by atomic mass is 32.1. The molecule has 2 rings (SSSR count). The van der Waals surface area contributed by atoms with E-state index in [4.69, 9.17) is 0 Å². The Morgan fingerprint density at radius 3 is 3.00 bits per heavy atom. The lowest BCUT2D eigenvalue weighted by Crippen LogP contribution is -2.46. The molecular weight excluding hydrogens is 260 g/mol. The second-order valence-corrected chi connectivity index (χ2v) is 6.32. The second-order valence-electron chi connectivity index (χ2n) is 5.26. The molecule has 6 heteroatoms. The first-order valence-electron chi connectivity index (χ1n) is 6.97. The summed E-state index contributed by atoms with van der Waals surface area (Å²) in [5.74, 6) is 0.699. The third-order valence-electron chi connectivity index (χ3n) is 3.62. The minimum Gasteiger partial charge on any atom is -0.299 e. The summed E-state index contributed by atoms with van der Waals surface area (Å²) in [6, 6.07) is -0.100. The lowest BCUT2D eigenvalue weighted by molar-refractivity contribution is -0.121. The zero-order valence-corrected chi connectivity index (χ0v) is 12.7. The van der Waals surface area contributed by atoms with Gasteiger partial charge in [0.25, 0.3) is 0 Å². The zero-order valence-electron chi connectivity index (χ0n) is 11.8. The van der Waals surface area contributed by atoms with Crippen LogP contribution in [0.2, 0.25) is 0 Å². The molecule has 1 saturated heterocycles. The summed E-state index contributed by atoms with van der Waals surface area (Å²) < 4.78 is 0. The molecule has 1 aliphatic rings. The fraction of sp³-hybridized carbons (Fsp3) is 0.769. The van der Waals surface area contributed by atoms with Crippen molar-refractivity contribution in [1.82, 2.24) is 15.1 Å². The number of likely N-dealkylation sites (tertiary alicyclic amines) is 1. The first-order chi connectivity index (χ1) is 9.10. The number of amides is 1. The highest BCUT2D eigenvalue weighted by molar-refractivity contribution is 7.15. The van der Waals surface area contributed by atoms with Crippen LogP contribution in [-0.4, -0.2) is 40.1 Å². The van der Waals surface area contributed by atoms with Gasteiger partial charge in [0.05, 0.1) is 6.04 Å². The molecule has 2 heterocycles. The lowest BCUT2D eigenvalue weighted by Gasteiger charge is -2.34. The third kappa shape index (κ3) is 3.73. The summed E-state index contributed by atoms with van der Waals surface area (Å²) in [7, 11) is 0. The summed E-state index contributed by atoms with van der Waals surface area (Å²) in [4.78, 5) is 14.5. The number of anilines is 1. The molecule has 0 radical (unpaired) electrons. The molecule has 1 fully saturated rings. The van der Waals surface area contributed by atoms with Crippen LogP contribution in [0.15, 0.2) is 0 Å². The van der Waals surface area contributed by atoms with Gasteiger partial charge in [0, 0.05) is 6.54 Å². The van der Waals surface area contributed by atoms with Gasteiger partial charge in [0.1, 0.15) is 5.01 Å². The van der Waals surface area contributed by atoms with Gasteiger partial charge < -0.3 is 0 Å². The summed E-state index contributed by atoms with van der Waals surface area (Å²) in [6.07, 6.45) is 3.30. The number of aromatic nitrogens is 2. The number of hydrogen-bond donors (Lipinski definition) is 1. The normalized spacial score (nSPS) is 22.2. The quantitative estimate of drug-likeness (QED) is 0.919. The Labute approximate surface area is 118 Å². The van der Waals surface area contributed by atoms with Crippen LogP contribution in [0.25, 0.3) is 0 Å². The molecule has 1 amide bonds. The highest BCUT2D eigenvalue weighted by Gasteiger charge is 2.26. The maximum absolute atomic E-state index is 12.2. The van der Waals surface area contributed by atoms with Crippen molar-refractivity contribution in [2.75, 3.05) is 18.4 Å². The number of rotatable bonds is 4. The van der Waals surface area contributed by atoms with Crippen molar-refractivity contribution >= 4 is 22.4 Å². The number of piperidine rings is 1. The molecule has 19 heavy (non-hydrogen) atoms. The van der Waals surface area contributed by atoms with E-state index in [0.29, 0.717) is 11.0 Å². The van der Waals surface area contributed by atoms with Crippen LogP contribution < -0.4 is 5.32 Å². The van der Waals surface area contributed by atoms with Gasteiger partial charge in [-0.15, -0.1) is 10.2 Å². The summed E-state index contributed by atoms with van der Waals surface area (Å²) >= 11 is 1.45. The first kappa shape index (κ1) is 14.4. The van der Waals surface area contributed by atoms with Crippen molar-refractivity contribution < 1.29 is 4.79 Å². The van der Waals surface area contributed by atoms with Crippen LogP contribution in [0, 0.1) is 5.92 Å². The zero-order chi connectivity index (χ0) is 13.8. The number of hydrogen-bond acceptors (Lipinski definition) is 5. The van der Waals surface area contributed by atoms with Crippen molar-refractivity contribution in [3.63, 3.8) is 0 Å². The predicted octanol–water partition coefficient (Wildman–Crippen LogP) is 2.16. The monoisotopic (exact) mass is 282 g/mol. The number of aryl methyl sites for hydroxylation is 1. The van der Waals surface area contributed by atoms with E-state index in [1.54, 1.807) is 0 Å². The number of carbonyl (C=O) groups excluding carboxylic acids is 1. The molecule has 0 aromatic carbocycles. The van der Waals surface area contributed by atoms with E-state index in [0.717, 1.165) is 24.5 Å². The van der Waals surface area contributed by atoms with Crippen LogP contribution >= 0.6 is 11.3 Å². The SMILES string of the molecule is CCc1nnc(NC(=O)[C@@H](C)N2CCC[C@@H](C)C2)s1. The van der Waals surface area contributed by atoms with Gasteiger partial charge in [-0.1, -0.05) is 25.2 Å². The fourth-order valence-corrected chi connectivity index (χ4v) is 3.08. The first-order valence-corrected chi connectivity index (χ1v) is 7.79. The third-order valence-corrected chi connectivity index (χ3v) is 4.60. The van der Waals surface area contributed by atoms with Gasteiger partial charge in [-0.25, -0.2) is 0 Å². The fourth-order valence-electron chi connectivity index (χ4n) is 2.40. The van der Waals surface area contributed by atoms with E-state index in [2.05, 4.69) is 27.3 Å². The van der Waals surface area contributed by atoms with Crippen molar-refractivity contribution in [3.05, 3.63) is 5.01 Å². The van der Waals surface area contributed by atoms with Gasteiger partial charge in [-0.2, -0.15) is 0 Å². The van der Waals surface area contributed by atoms with E-state index >= 15 is 0 Å². The molecule has 5 nitrogen and oxygen atoms in total. The molecule has 1 aliphatic heterocycles. The second kappa shape index (κ2) is 6.43. The minimum absolute atomic E-state index is 0.0212. The van der Waals surface area contributed by atoms with Crippen LogP contribution in [0.3, 0.4) is 0 Å². The van der Waals surface area contributed by atoms with Crippen LogP contribution in [-0.2, 0) is 11.2 Å². The summed E-state index contributed by atoms with van der Waals surface area (Å²) in [5, 5.41) is 12.4. The largest absolute Gasteiger partial charge is 0.299 e. The average Bonchev–Trinajstić information content (AvgIpc) is 2.85. The Bertz CT molecular complexity index is 434. The van der Waals surface area contributed by atoms with Crippen LogP contribution in [0.5, 0.6) is 0 Å². The van der Waals surface area contributed by atoms with E-state index in [1.165, 1.54) is 24.2 Å². The Morgan fingerprint density at radius 2 is 2.37 bits per heavy atom. The molecule has 0 spiro atoms.